The van der Waals surface area contributed by atoms with Crippen molar-refractivity contribution in [2.24, 2.45) is 0 Å². The number of ether oxygens (including phenoxy) is 1. The minimum atomic E-state index is -0.0275. The third kappa shape index (κ3) is 4.87. The summed E-state index contributed by atoms with van der Waals surface area (Å²) in [6.45, 7) is 5.21. The van der Waals surface area contributed by atoms with Crippen molar-refractivity contribution < 1.29 is 9.53 Å². The van der Waals surface area contributed by atoms with Crippen LogP contribution in [0.1, 0.15) is 25.3 Å². The van der Waals surface area contributed by atoms with Crippen LogP contribution in [0.4, 0.5) is 11.4 Å². The maximum atomic E-state index is 11.6. The van der Waals surface area contributed by atoms with Gasteiger partial charge in [0.05, 0.1) is 11.4 Å². The third-order valence-electron chi connectivity index (χ3n) is 2.38. The Bertz CT molecular complexity index is 378. The molecule has 0 aliphatic carbocycles. The van der Waals surface area contributed by atoms with E-state index in [0.717, 1.165) is 12.0 Å². The zero-order valence-electron chi connectivity index (χ0n) is 10.5. The first kappa shape index (κ1) is 13.5. The van der Waals surface area contributed by atoms with E-state index in [1.54, 1.807) is 0 Å². The molecule has 0 heterocycles. The number of amides is 1. The van der Waals surface area contributed by atoms with Crippen molar-refractivity contribution in [1.29, 1.82) is 0 Å². The largest absolute Gasteiger partial charge is 0.397 e. The van der Waals surface area contributed by atoms with Gasteiger partial charge in [-0.05, 0) is 38.0 Å². The molecule has 0 saturated heterocycles. The molecule has 0 saturated carbocycles. The number of carbonyl (C=O) groups excluding carboxylic acids is 1. The summed E-state index contributed by atoms with van der Waals surface area (Å²) < 4.78 is 5.17. The lowest BCUT2D eigenvalue weighted by atomic mass is 10.2. The molecule has 0 atom stereocenters. The molecule has 1 aromatic rings. The summed E-state index contributed by atoms with van der Waals surface area (Å²) in [5, 5.41) is 2.79. The zero-order valence-corrected chi connectivity index (χ0v) is 10.5. The highest BCUT2D eigenvalue weighted by molar-refractivity contribution is 5.93. The fraction of sp³-hybridized carbons (Fsp3) is 0.462. The molecule has 0 aliphatic rings. The second kappa shape index (κ2) is 6.91. The average molecular weight is 236 g/mol. The van der Waals surface area contributed by atoms with Crippen molar-refractivity contribution in [3.63, 3.8) is 0 Å². The Morgan fingerprint density at radius 1 is 1.47 bits per heavy atom. The van der Waals surface area contributed by atoms with Crippen LogP contribution < -0.4 is 11.1 Å². The predicted octanol–water partition coefficient (Wildman–Crippen LogP) is 2.33. The Hall–Kier alpha value is -1.55. The Kier molecular flexibility index (Phi) is 5.49. The molecule has 1 aromatic carbocycles. The topological polar surface area (TPSA) is 64.3 Å². The van der Waals surface area contributed by atoms with Crippen LogP contribution in [0.25, 0.3) is 0 Å². The van der Waals surface area contributed by atoms with Gasteiger partial charge in [-0.15, -0.1) is 0 Å². The standard InChI is InChI=1S/C13H20N2O2/c1-3-17-8-4-5-13(16)15-12-7-6-10(2)9-11(12)14/h6-7,9H,3-5,8,14H2,1-2H3,(H,15,16). The third-order valence-corrected chi connectivity index (χ3v) is 2.38. The predicted molar refractivity (Wildman–Crippen MR) is 69.9 cm³/mol. The maximum Gasteiger partial charge on any atom is 0.224 e. The highest BCUT2D eigenvalue weighted by atomic mass is 16.5. The molecule has 4 nitrogen and oxygen atoms in total. The van der Waals surface area contributed by atoms with Crippen LogP contribution in [-0.4, -0.2) is 19.1 Å². The molecule has 0 unspecified atom stereocenters. The SMILES string of the molecule is CCOCCCC(=O)Nc1ccc(C)cc1N. The second-order valence-electron chi connectivity index (χ2n) is 3.94. The Morgan fingerprint density at radius 3 is 2.88 bits per heavy atom. The number of nitrogens with two attached hydrogens (primary N) is 1. The van der Waals surface area contributed by atoms with Crippen LogP contribution in [0.3, 0.4) is 0 Å². The van der Waals surface area contributed by atoms with Gasteiger partial charge in [0.15, 0.2) is 0 Å². The summed E-state index contributed by atoms with van der Waals surface area (Å²) in [6.07, 6.45) is 1.18. The van der Waals surface area contributed by atoms with Crippen molar-refractivity contribution in [2.45, 2.75) is 26.7 Å². The van der Waals surface area contributed by atoms with Crippen LogP contribution in [0, 0.1) is 6.92 Å². The minimum absolute atomic E-state index is 0.0275. The molecular formula is C13H20N2O2. The van der Waals surface area contributed by atoms with Crippen LogP contribution in [-0.2, 0) is 9.53 Å². The number of carbonyl (C=O) groups is 1. The minimum Gasteiger partial charge on any atom is -0.397 e. The summed E-state index contributed by atoms with van der Waals surface area (Å²) in [5.41, 5.74) is 8.16. The molecule has 0 spiro atoms. The first-order valence-corrected chi connectivity index (χ1v) is 5.87. The maximum absolute atomic E-state index is 11.6. The summed E-state index contributed by atoms with van der Waals surface area (Å²) in [7, 11) is 0. The van der Waals surface area contributed by atoms with Gasteiger partial charge in [0, 0.05) is 19.6 Å². The smallest absolute Gasteiger partial charge is 0.224 e. The van der Waals surface area contributed by atoms with E-state index in [2.05, 4.69) is 5.32 Å². The van der Waals surface area contributed by atoms with Gasteiger partial charge in [-0.1, -0.05) is 6.07 Å². The number of benzene rings is 1. The molecule has 0 fully saturated rings. The van der Waals surface area contributed by atoms with Crippen LogP contribution >= 0.6 is 0 Å². The van der Waals surface area contributed by atoms with Crippen LogP contribution in [0.15, 0.2) is 18.2 Å². The lowest BCUT2D eigenvalue weighted by Crippen LogP contribution is -2.13. The molecule has 1 amide bonds. The first-order valence-electron chi connectivity index (χ1n) is 5.87. The van der Waals surface area contributed by atoms with Crippen molar-refractivity contribution in [1.82, 2.24) is 0 Å². The number of rotatable bonds is 6. The summed E-state index contributed by atoms with van der Waals surface area (Å²) in [4.78, 5) is 11.6. The average Bonchev–Trinajstić information content (AvgIpc) is 2.28. The Morgan fingerprint density at radius 2 is 2.24 bits per heavy atom. The van der Waals surface area contributed by atoms with Gasteiger partial charge in [0.1, 0.15) is 0 Å². The van der Waals surface area contributed by atoms with E-state index in [4.69, 9.17) is 10.5 Å². The molecular weight excluding hydrogens is 216 g/mol. The van der Waals surface area contributed by atoms with E-state index in [1.165, 1.54) is 0 Å². The highest BCUT2D eigenvalue weighted by Gasteiger charge is 2.04. The van der Waals surface area contributed by atoms with Gasteiger partial charge >= 0.3 is 0 Å². The van der Waals surface area contributed by atoms with E-state index in [-0.39, 0.29) is 5.91 Å². The number of aryl methyl sites for hydroxylation is 1. The van der Waals surface area contributed by atoms with Gasteiger partial charge in [0.25, 0.3) is 0 Å². The molecule has 3 N–H and O–H groups in total. The number of hydrogen-bond acceptors (Lipinski definition) is 3. The van der Waals surface area contributed by atoms with Gasteiger partial charge in [-0.25, -0.2) is 0 Å². The Labute approximate surface area is 102 Å². The number of nitrogens with one attached hydrogen (secondary N) is 1. The van der Waals surface area contributed by atoms with Crippen molar-refractivity contribution in [2.75, 3.05) is 24.3 Å². The summed E-state index contributed by atoms with van der Waals surface area (Å²) in [6, 6.07) is 5.59. The normalized spacial score (nSPS) is 10.2. The Balaban J connectivity index is 2.40. The summed E-state index contributed by atoms with van der Waals surface area (Å²) in [5.74, 6) is -0.0275. The molecule has 4 heteroatoms. The molecule has 17 heavy (non-hydrogen) atoms. The lowest BCUT2D eigenvalue weighted by Gasteiger charge is -2.08. The van der Waals surface area contributed by atoms with Gasteiger partial charge < -0.3 is 15.8 Å². The first-order chi connectivity index (χ1) is 8.13. The number of hydrogen-bond donors (Lipinski definition) is 2. The van der Waals surface area contributed by atoms with Gasteiger partial charge in [-0.3, -0.25) is 4.79 Å². The van der Waals surface area contributed by atoms with E-state index in [9.17, 15) is 4.79 Å². The number of nitrogen functional groups attached to an aromatic ring is 1. The van der Waals surface area contributed by atoms with Crippen molar-refractivity contribution in [3.8, 4) is 0 Å². The van der Waals surface area contributed by atoms with Gasteiger partial charge in [-0.2, -0.15) is 0 Å². The molecule has 0 radical (unpaired) electrons. The summed E-state index contributed by atoms with van der Waals surface area (Å²) >= 11 is 0. The zero-order chi connectivity index (χ0) is 12.7. The lowest BCUT2D eigenvalue weighted by molar-refractivity contribution is -0.116. The quantitative estimate of drug-likeness (QED) is 0.588. The molecule has 0 bridgehead atoms. The highest BCUT2D eigenvalue weighted by Crippen LogP contribution is 2.19. The fourth-order valence-electron chi connectivity index (χ4n) is 1.49. The van der Waals surface area contributed by atoms with E-state index < -0.39 is 0 Å². The molecule has 94 valence electrons. The van der Waals surface area contributed by atoms with Crippen LogP contribution in [0.2, 0.25) is 0 Å². The van der Waals surface area contributed by atoms with Crippen LogP contribution in [0.5, 0.6) is 0 Å². The van der Waals surface area contributed by atoms with E-state index >= 15 is 0 Å². The van der Waals surface area contributed by atoms with Gasteiger partial charge in [0.2, 0.25) is 5.91 Å². The monoisotopic (exact) mass is 236 g/mol. The number of anilines is 2. The molecule has 0 aliphatic heterocycles. The molecule has 0 aromatic heterocycles. The van der Waals surface area contributed by atoms with E-state index in [1.807, 2.05) is 32.0 Å². The molecule has 1 rings (SSSR count). The second-order valence-corrected chi connectivity index (χ2v) is 3.94. The van der Waals surface area contributed by atoms with Crippen molar-refractivity contribution in [3.05, 3.63) is 23.8 Å². The van der Waals surface area contributed by atoms with Crippen molar-refractivity contribution >= 4 is 17.3 Å². The van der Waals surface area contributed by atoms with E-state index in [0.29, 0.717) is 31.0 Å². The fourth-order valence-corrected chi connectivity index (χ4v) is 1.49.